The fraction of sp³-hybridized carbons (Fsp3) is 0.923. The molecular weight excluding hydrogens is 216 g/mol. The molecule has 17 heavy (non-hydrogen) atoms. The molecule has 1 fully saturated rings. The number of methoxy groups -OCH3 is 1. The van der Waals surface area contributed by atoms with E-state index < -0.39 is 0 Å². The molecule has 100 valence electrons. The lowest BCUT2D eigenvalue weighted by atomic mass is 9.79. The van der Waals surface area contributed by atoms with Gasteiger partial charge in [0, 0.05) is 12.6 Å². The van der Waals surface area contributed by atoms with E-state index in [-0.39, 0.29) is 23.8 Å². The number of esters is 1. The van der Waals surface area contributed by atoms with Crippen LogP contribution in [0.3, 0.4) is 0 Å². The molecule has 1 aliphatic rings. The fourth-order valence-electron chi connectivity index (χ4n) is 2.82. The summed E-state index contributed by atoms with van der Waals surface area (Å²) in [6.07, 6.45) is 2.28. The average Bonchev–Trinajstić information content (AvgIpc) is 2.28. The van der Waals surface area contributed by atoms with Crippen molar-refractivity contribution in [3.05, 3.63) is 0 Å². The largest absolute Gasteiger partial charge is 0.469 e. The fourth-order valence-corrected chi connectivity index (χ4v) is 2.82. The molecule has 2 N–H and O–H groups in total. The quantitative estimate of drug-likeness (QED) is 0.750. The standard InChI is InChI=1S/C13H26N2O2/c1-9(2)11(13(16)17-4)12(14)10-6-5-7-15(3)8-10/h9-12H,5-8,14H2,1-4H3. The van der Waals surface area contributed by atoms with E-state index in [1.165, 1.54) is 13.5 Å². The monoisotopic (exact) mass is 242 g/mol. The van der Waals surface area contributed by atoms with Gasteiger partial charge in [0.05, 0.1) is 13.0 Å². The third kappa shape index (κ3) is 3.68. The Hall–Kier alpha value is -0.610. The van der Waals surface area contributed by atoms with Crippen LogP contribution < -0.4 is 5.73 Å². The van der Waals surface area contributed by atoms with Crippen LogP contribution in [0.2, 0.25) is 0 Å². The molecule has 4 nitrogen and oxygen atoms in total. The molecule has 0 aliphatic carbocycles. The van der Waals surface area contributed by atoms with Crippen molar-refractivity contribution in [2.45, 2.75) is 32.7 Å². The summed E-state index contributed by atoms with van der Waals surface area (Å²) in [5.74, 6) is 0.280. The lowest BCUT2D eigenvalue weighted by Crippen LogP contribution is -2.49. The van der Waals surface area contributed by atoms with Gasteiger partial charge < -0.3 is 15.4 Å². The van der Waals surface area contributed by atoms with Crippen molar-refractivity contribution < 1.29 is 9.53 Å². The van der Waals surface area contributed by atoms with E-state index in [9.17, 15) is 4.79 Å². The number of ether oxygens (including phenoxy) is 1. The van der Waals surface area contributed by atoms with Crippen molar-refractivity contribution in [2.24, 2.45) is 23.5 Å². The predicted octanol–water partition coefficient (Wildman–Crippen LogP) is 1.10. The van der Waals surface area contributed by atoms with Crippen molar-refractivity contribution >= 4 is 5.97 Å². The van der Waals surface area contributed by atoms with E-state index in [2.05, 4.69) is 11.9 Å². The van der Waals surface area contributed by atoms with Crippen LogP contribution >= 0.6 is 0 Å². The van der Waals surface area contributed by atoms with Gasteiger partial charge in [-0.05, 0) is 38.3 Å². The van der Waals surface area contributed by atoms with E-state index in [0.717, 1.165) is 19.5 Å². The maximum Gasteiger partial charge on any atom is 0.310 e. The molecule has 1 aliphatic heterocycles. The van der Waals surface area contributed by atoms with Gasteiger partial charge >= 0.3 is 5.97 Å². The maximum absolute atomic E-state index is 11.8. The zero-order valence-electron chi connectivity index (χ0n) is 11.5. The van der Waals surface area contributed by atoms with E-state index in [4.69, 9.17) is 10.5 Å². The maximum atomic E-state index is 11.8. The van der Waals surface area contributed by atoms with Crippen LogP contribution in [-0.2, 0) is 9.53 Å². The van der Waals surface area contributed by atoms with Crippen LogP contribution in [0.1, 0.15) is 26.7 Å². The molecule has 4 heteroatoms. The van der Waals surface area contributed by atoms with Gasteiger partial charge in [0.2, 0.25) is 0 Å². The van der Waals surface area contributed by atoms with Crippen molar-refractivity contribution in [3.63, 3.8) is 0 Å². The highest BCUT2D eigenvalue weighted by Crippen LogP contribution is 2.26. The lowest BCUT2D eigenvalue weighted by Gasteiger charge is -2.37. The third-order valence-electron chi connectivity index (χ3n) is 3.81. The zero-order chi connectivity index (χ0) is 13.0. The SMILES string of the molecule is COC(=O)C(C(C)C)C(N)C1CCCN(C)C1. The highest BCUT2D eigenvalue weighted by Gasteiger charge is 2.35. The summed E-state index contributed by atoms with van der Waals surface area (Å²) in [5.41, 5.74) is 6.30. The van der Waals surface area contributed by atoms with Crippen molar-refractivity contribution in [3.8, 4) is 0 Å². The van der Waals surface area contributed by atoms with Crippen LogP contribution in [0.25, 0.3) is 0 Å². The minimum absolute atomic E-state index is 0.0924. The Bertz CT molecular complexity index is 256. The average molecular weight is 242 g/mol. The van der Waals surface area contributed by atoms with Gasteiger partial charge in [-0.2, -0.15) is 0 Å². The first-order chi connectivity index (χ1) is 7.97. The topological polar surface area (TPSA) is 55.6 Å². The van der Waals surface area contributed by atoms with Crippen molar-refractivity contribution in [1.82, 2.24) is 4.90 Å². The zero-order valence-corrected chi connectivity index (χ0v) is 11.5. The molecule has 1 saturated heterocycles. The molecule has 1 rings (SSSR count). The number of piperidine rings is 1. The third-order valence-corrected chi connectivity index (χ3v) is 3.81. The van der Waals surface area contributed by atoms with Crippen LogP contribution in [0.4, 0.5) is 0 Å². The smallest absolute Gasteiger partial charge is 0.310 e. The molecule has 0 aromatic carbocycles. The summed E-state index contributed by atoms with van der Waals surface area (Å²) in [6, 6.07) is -0.0924. The number of carbonyl (C=O) groups excluding carboxylic acids is 1. The minimum atomic E-state index is -0.184. The molecule has 3 atom stereocenters. The summed E-state index contributed by atoms with van der Waals surface area (Å²) >= 11 is 0. The Kier molecular flexibility index (Phi) is 5.40. The van der Waals surface area contributed by atoms with E-state index in [1.807, 2.05) is 13.8 Å². The molecule has 0 aromatic rings. The normalized spacial score (nSPS) is 25.6. The summed E-state index contributed by atoms with van der Waals surface area (Å²) in [6.45, 7) is 6.19. The van der Waals surface area contributed by atoms with Crippen molar-refractivity contribution in [2.75, 3.05) is 27.2 Å². The van der Waals surface area contributed by atoms with Gasteiger partial charge in [0.15, 0.2) is 0 Å². The molecule has 0 spiro atoms. The summed E-state index contributed by atoms with van der Waals surface area (Å²) in [4.78, 5) is 14.1. The second-order valence-corrected chi connectivity index (χ2v) is 5.53. The number of likely N-dealkylation sites (tertiary alicyclic amines) is 1. The molecule has 0 radical (unpaired) electrons. The first kappa shape index (κ1) is 14.5. The van der Waals surface area contributed by atoms with Gasteiger partial charge in [-0.15, -0.1) is 0 Å². The molecule has 0 saturated carbocycles. The van der Waals surface area contributed by atoms with Gasteiger partial charge in [-0.25, -0.2) is 0 Å². The first-order valence-corrected chi connectivity index (χ1v) is 6.49. The van der Waals surface area contributed by atoms with Gasteiger partial charge in [0.25, 0.3) is 0 Å². The van der Waals surface area contributed by atoms with E-state index in [0.29, 0.717) is 5.92 Å². The Morgan fingerprint density at radius 2 is 2.12 bits per heavy atom. The predicted molar refractivity (Wildman–Crippen MR) is 68.5 cm³/mol. The highest BCUT2D eigenvalue weighted by molar-refractivity contribution is 5.73. The Labute approximate surface area is 104 Å². The number of nitrogens with two attached hydrogens (primary N) is 1. The molecule has 3 unspecified atom stereocenters. The number of hydrogen-bond acceptors (Lipinski definition) is 4. The minimum Gasteiger partial charge on any atom is -0.469 e. The first-order valence-electron chi connectivity index (χ1n) is 6.49. The summed E-state index contributed by atoms with van der Waals surface area (Å²) in [5, 5.41) is 0. The molecular formula is C13H26N2O2. The summed E-state index contributed by atoms with van der Waals surface area (Å²) < 4.78 is 4.88. The second kappa shape index (κ2) is 6.36. The van der Waals surface area contributed by atoms with Crippen LogP contribution in [-0.4, -0.2) is 44.2 Å². The molecule has 0 aromatic heterocycles. The number of hydrogen-bond donors (Lipinski definition) is 1. The van der Waals surface area contributed by atoms with Crippen LogP contribution in [0.5, 0.6) is 0 Å². The van der Waals surface area contributed by atoms with Crippen molar-refractivity contribution in [1.29, 1.82) is 0 Å². The Balaban J connectivity index is 2.69. The van der Waals surface area contributed by atoms with E-state index in [1.54, 1.807) is 0 Å². The number of rotatable bonds is 4. The van der Waals surface area contributed by atoms with E-state index >= 15 is 0 Å². The van der Waals surface area contributed by atoms with Crippen LogP contribution in [0.15, 0.2) is 0 Å². The van der Waals surface area contributed by atoms with Gasteiger partial charge in [-0.3, -0.25) is 4.79 Å². The number of carbonyl (C=O) groups is 1. The molecule has 0 bridgehead atoms. The van der Waals surface area contributed by atoms with Crippen LogP contribution in [0, 0.1) is 17.8 Å². The molecule has 1 heterocycles. The van der Waals surface area contributed by atoms with Gasteiger partial charge in [-0.1, -0.05) is 13.8 Å². The Morgan fingerprint density at radius 1 is 1.47 bits per heavy atom. The summed E-state index contributed by atoms with van der Waals surface area (Å²) in [7, 11) is 3.55. The highest BCUT2D eigenvalue weighted by atomic mass is 16.5. The van der Waals surface area contributed by atoms with Gasteiger partial charge in [0.1, 0.15) is 0 Å². The molecule has 0 amide bonds. The number of nitrogens with zero attached hydrogens (tertiary/aromatic N) is 1. The Morgan fingerprint density at radius 3 is 2.59 bits per heavy atom. The second-order valence-electron chi connectivity index (χ2n) is 5.53. The lowest BCUT2D eigenvalue weighted by molar-refractivity contribution is -0.148.